The van der Waals surface area contributed by atoms with Crippen molar-refractivity contribution in [3.8, 4) is 0 Å². The lowest BCUT2D eigenvalue weighted by atomic mass is 10.2. The lowest BCUT2D eigenvalue weighted by Crippen LogP contribution is -2.44. The summed E-state index contributed by atoms with van der Waals surface area (Å²) in [7, 11) is 0. The number of anilines is 1. The van der Waals surface area contributed by atoms with E-state index in [9.17, 15) is 9.59 Å². The highest BCUT2D eigenvalue weighted by atomic mass is 16.6. The Labute approximate surface area is 131 Å². The number of carbonyl (C=O) groups is 2. The van der Waals surface area contributed by atoms with Gasteiger partial charge in [-0.25, -0.2) is 9.59 Å². The van der Waals surface area contributed by atoms with E-state index in [1.807, 2.05) is 0 Å². The number of hydrogen-bond donors (Lipinski definition) is 0. The number of hydrogen-bond acceptors (Lipinski definition) is 5. The second-order valence-electron chi connectivity index (χ2n) is 6.96. The molecule has 0 aliphatic rings. The van der Waals surface area contributed by atoms with E-state index >= 15 is 0 Å². The Kier molecular flexibility index (Phi) is 5.17. The third-order valence-electron chi connectivity index (χ3n) is 2.40. The molecule has 0 bridgehead atoms. The number of carbonyl (C=O) groups excluding carboxylic acids is 2. The monoisotopic (exact) mass is 308 g/mol. The summed E-state index contributed by atoms with van der Waals surface area (Å²) >= 11 is 0. The van der Waals surface area contributed by atoms with Crippen LogP contribution < -0.4 is 4.90 Å². The Balaban J connectivity index is 3.19. The van der Waals surface area contributed by atoms with Gasteiger partial charge < -0.3 is 9.47 Å². The summed E-state index contributed by atoms with van der Waals surface area (Å²) in [5, 5.41) is 0. The second-order valence-corrected chi connectivity index (χ2v) is 6.96. The van der Waals surface area contributed by atoms with Crippen LogP contribution in [0.1, 0.15) is 47.1 Å². The van der Waals surface area contributed by atoms with Crippen LogP contribution in [0.4, 0.5) is 15.3 Å². The maximum atomic E-state index is 12.4. The molecule has 22 heavy (non-hydrogen) atoms. The van der Waals surface area contributed by atoms with Crippen LogP contribution in [0.3, 0.4) is 0 Å². The summed E-state index contributed by atoms with van der Waals surface area (Å²) in [5.41, 5.74) is -0.404. The van der Waals surface area contributed by atoms with Crippen molar-refractivity contribution in [3.63, 3.8) is 0 Å². The third kappa shape index (κ3) is 5.35. The molecule has 2 amide bonds. The van der Waals surface area contributed by atoms with Crippen LogP contribution in [0, 0.1) is 6.92 Å². The van der Waals surface area contributed by atoms with E-state index in [0.29, 0.717) is 11.3 Å². The van der Waals surface area contributed by atoms with Gasteiger partial charge in [0, 0.05) is 6.20 Å². The van der Waals surface area contributed by atoms with Gasteiger partial charge in [-0.3, -0.25) is 4.98 Å². The zero-order valence-electron chi connectivity index (χ0n) is 14.3. The molecule has 0 aliphatic heterocycles. The zero-order chi connectivity index (χ0) is 17.1. The highest BCUT2D eigenvalue weighted by molar-refractivity contribution is 6.09. The van der Waals surface area contributed by atoms with Crippen LogP contribution in [0.5, 0.6) is 0 Å². The van der Waals surface area contributed by atoms with Crippen molar-refractivity contribution in [2.45, 2.75) is 59.7 Å². The lowest BCUT2D eigenvalue weighted by molar-refractivity contribution is 0.0430. The van der Waals surface area contributed by atoms with Crippen molar-refractivity contribution in [2.75, 3.05) is 4.90 Å². The van der Waals surface area contributed by atoms with Gasteiger partial charge in [-0.15, -0.1) is 0 Å². The summed E-state index contributed by atoms with van der Waals surface area (Å²) in [6, 6.07) is 1.71. The summed E-state index contributed by atoms with van der Waals surface area (Å²) in [6.45, 7) is 12.2. The molecule has 1 aromatic heterocycles. The average molecular weight is 308 g/mol. The summed E-state index contributed by atoms with van der Waals surface area (Å²) in [6.07, 6.45) is 1.43. The fraction of sp³-hybridized carbons (Fsp3) is 0.562. The largest absolute Gasteiger partial charge is 0.443 e. The molecule has 1 aromatic rings. The molecule has 6 nitrogen and oxygen atoms in total. The molecule has 0 aliphatic carbocycles. The van der Waals surface area contributed by atoms with Crippen molar-refractivity contribution in [1.29, 1.82) is 0 Å². The lowest BCUT2D eigenvalue weighted by Gasteiger charge is -2.29. The molecule has 0 saturated carbocycles. The Morgan fingerprint density at radius 2 is 1.45 bits per heavy atom. The molecule has 0 radical (unpaired) electrons. The molecule has 0 atom stereocenters. The Hall–Kier alpha value is -2.11. The molecule has 0 fully saturated rings. The number of ether oxygens (including phenoxy) is 2. The minimum Gasteiger partial charge on any atom is -0.443 e. The predicted octanol–water partition coefficient (Wildman–Crippen LogP) is 4.07. The fourth-order valence-electron chi connectivity index (χ4n) is 1.58. The van der Waals surface area contributed by atoms with Crippen LogP contribution in [-0.2, 0) is 9.47 Å². The van der Waals surface area contributed by atoms with Gasteiger partial charge in [0.1, 0.15) is 11.2 Å². The Morgan fingerprint density at radius 1 is 1.00 bits per heavy atom. The normalized spacial score (nSPS) is 11.8. The molecule has 0 spiro atoms. The maximum Gasteiger partial charge on any atom is 0.424 e. The van der Waals surface area contributed by atoms with Crippen molar-refractivity contribution in [2.24, 2.45) is 0 Å². The molecular formula is C16H24N2O4. The SMILES string of the molecule is Cc1ccncc1N(C(=O)OC(C)(C)C)C(=O)OC(C)(C)C. The molecule has 0 unspecified atom stereocenters. The van der Waals surface area contributed by atoms with Crippen molar-refractivity contribution in [1.82, 2.24) is 4.98 Å². The van der Waals surface area contributed by atoms with Crippen LogP contribution >= 0.6 is 0 Å². The van der Waals surface area contributed by atoms with Gasteiger partial charge in [0.15, 0.2) is 0 Å². The summed E-state index contributed by atoms with van der Waals surface area (Å²) in [5.74, 6) is 0. The van der Waals surface area contributed by atoms with Gasteiger partial charge in [0.25, 0.3) is 0 Å². The number of amides is 2. The molecule has 6 heteroatoms. The number of pyridine rings is 1. The van der Waals surface area contributed by atoms with Gasteiger partial charge in [-0.1, -0.05) is 0 Å². The Morgan fingerprint density at radius 3 is 1.82 bits per heavy atom. The number of aryl methyl sites for hydroxylation is 1. The van der Waals surface area contributed by atoms with E-state index < -0.39 is 23.4 Å². The smallest absolute Gasteiger partial charge is 0.424 e. The van der Waals surface area contributed by atoms with Gasteiger partial charge in [-0.05, 0) is 60.1 Å². The van der Waals surface area contributed by atoms with Crippen LogP contribution in [0.25, 0.3) is 0 Å². The van der Waals surface area contributed by atoms with Crippen LogP contribution in [0.2, 0.25) is 0 Å². The standard InChI is InChI=1S/C16H24N2O4/c1-11-8-9-17-10-12(11)18(13(19)21-15(2,3)4)14(20)22-16(5,6)7/h8-10H,1-7H3. The van der Waals surface area contributed by atoms with E-state index in [1.165, 1.54) is 6.20 Å². The summed E-state index contributed by atoms with van der Waals surface area (Å²) < 4.78 is 10.6. The minimum absolute atomic E-state index is 0.339. The number of imide groups is 1. The molecule has 122 valence electrons. The van der Waals surface area contributed by atoms with E-state index in [-0.39, 0.29) is 0 Å². The number of aromatic nitrogens is 1. The van der Waals surface area contributed by atoms with E-state index in [4.69, 9.17) is 9.47 Å². The van der Waals surface area contributed by atoms with E-state index in [2.05, 4.69) is 4.98 Å². The molecule has 1 heterocycles. The van der Waals surface area contributed by atoms with E-state index in [0.717, 1.165) is 4.90 Å². The zero-order valence-corrected chi connectivity index (χ0v) is 14.3. The second kappa shape index (κ2) is 6.34. The molecular weight excluding hydrogens is 284 g/mol. The Bertz CT molecular complexity index is 528. The first-order chi connectivity index (χ1) is 9.91. The maximum absolute atomic E-state index is 12.4. The molecule has 0 saturated heterocycles. The first-order valence-corrected chi connectivity index (χ1v) is 7.07. The average Bonchev–Trinajstić information content (AvgIpc) is 2.27. The predicted molar refractivity (Wildman–Crippen MR) is 83.9 cm³/mol. The molecule has 1 rings (SSSR count). The van der Waals surface area contributed by atoms with Gasteiger partial charge in [-0.2, -0.15) is 4.90 Å². The number of rotatable bonds is 1. The molecule has 0 N–H and O–H groups in total. The first kappa shape index (κ1) is 17.9. The third-order valence-corrected chi connectivity index (χ3v) is 2.40. The van der Waals surface area contributed by atoms with Crippen molar-refractivity contribution in [3.05, 3.63) is 24.0 Å². The minimum atomic E-state index is -0.794. The highest BCUT2D eigenvalue weighted by Gasteiger charge is 2.33. The highest BCUT2D eigenvalue weighted by Crippen LogP contribution is 2.23. The first-order valence-electron chi connectivity index (χ1n) is 7.07. The van der Waals surface area contributed by atoms with E-state index in [1.54, 1.807) is 60.7 Å². The van der Waals surface area contributed by atoms with Gasteiger partial charge in [0.05, 0.1) is 11.9 Å². The molecule has 0 aromatic carbocycles. The van der Waals surface area contributed by atoms with Crippen molar-refractivity contribution >= 4 is 17.9 Å². The van der Waals surface area contributed by atoms with Gasteiger partial charge in [0.2, 0.25) is 0 Å². The number of nitrogens with zero attached hydrogens (tertiary/aromatic N) is 2. The van der Waals surface area contributed by atoms with Gasteiger partial charge >= 0.3 is 12.2 Å². The summed E-state index contributed by atoms with van der Waals surface area (Å²) in [4.78, 5) is 29.7. The van der Waals surface area contributed by atoms with Crippen molar-refractivity contribution < 1.29 is 19.1 Å². The van der Waals surface area contributed by atoms with Crippen LogP contribution in [0.15, 0.2) is 18.5 Å². The fourth-order valence-corrected chi connectivity index (χ4v) is 1.58. The van der Waals surface area contributed by atoms with Crippen LogP contribution in [-0.4, -0.2) is 28.4 Å². The quantitative estimate of drug-likeness (QED) is 0.782. The topological polar surface area (TPSA) is 68.7 Å².